The normalized spacial score (nSPS) is 15.2. The largest absolute Gasteiger partial charge is 0.382 e. The Morgan fingerprint density at radius 1 is 1.20 bits per heavy atom. The number of hydrogen-bond donors (Lipinski definition) is 2. The summed E-state index contributed by atoms with van der Waals surface area (Å²) in [5.41, 5.74) is 9.12. The van der Waals surface area contributed by atoms with E-state index in [2.05, 4.69) is 40.2 Å². The molecule has 2 N–H and O–H groups in total. The van der Waals surface area contributed by atoms with Crippen molar-refractivity contribution >= 4 is 28.3 Å². The fourth-order valence-corrected chi connectivity index (χ4v) is 5.53. The standard InChI is InChI=1S/C31H31ClF2N10O2/c1-18(22-13-20(15-35)3-4-23(22)33)41-29-26(32)19(2)40-25-14-24(34)27(42-28(25)29)21-16-37-30(38-17-21)31(45)5-8-44(9-6-31)10-12-46-11-7-39-43-36/h3-4,13-14,16-18,45H,5-12H2,1-2H3,(H,40,41)/t18-/m1/s1. The molecule has 3 aromatic heterocycles. The maximum absolute atomic E-state index is 15.4. The molecular weight excluding hydrogens is 618 g/mol. The average Bonchev–Trinajstić information content (AvgIpc) is 3.06. The van der Waals surface area contributed by atoms with E-state index in [0.717, 1.165) is 0 Å². The predicted octanol–water partition coefficient (Wildman–Crippen LogP) is 5.98. The van der Waals surface area contributed by atoms with Crippen LogP contribution in [0.15, 0.2) is 41.8 Å². The Hall–Kier alpha value is -4.51. The molecule has 1 atom stereocenters. The Morgan fingerprint density at radius 2 is 1.93 bits per heavy atom. The lowest BCUT2D eigenvalue weighted by atomic mass is 9.90. The maximum Gasteiger partial charge on any atom is 0.160 e. The second kappa shape index (κ2) is 14.3. The summed E-state index contributed by atoms with van der Waals surface area (Å²) in [6.07, 6.45) is 3.65. The van der Waals surface area contributed by atoms with E-state index < -0.39 is 23.3 Å². The summed E-state index contributed by atoms with van der Waals surface area (Å²) < 4.78 is 35.6. The second-order valence-corrected chi connectivity index (χ2v) is 11.4. The third kappa shape index (κ3) is 7.14. The topological polar surface area (TPSA) is 169 Å². The number of nitrogens with zero attached hydrogens (tertiary/aromatic N) is 9. The van der Waals surface area contributed by atoms with Gasteiger partial charge in [-0.15, -0.1) is 0 Å². The summed E-state index contributed by atoms with van der Waals surface area (Å²) in [4.78, 5) is 22.6. The Bertz CT molecular complexity index is 1820. The van der Waals surface area contributed by atoms with Crippen molar-refractivity contribution < 1.29 is 18.6 Å². The summed E-state index contributed by atoms with van der Waals surface area (Å²) in [6, 6.07) is 6.70. The van der Waals surface area contributed by atoms with Gasteiger partial charge in [0.25, 0.3) is 0 Å². The van der Waals surface area contributed by atoms with Gasteiger partial charge >= 0.3 is 0 Å². The van der Waals surface area contributed by atoms with Crippen LogP contribution in [0, 0.1) is 29.9 Å². The van der Waals surface area contributed by atoms with Crippen molar-refractivity contribution in [3.8, 4) is 17.3 Å². The molecule has 4 aromatic rings. The number of fused-ring (bicyclic) bond motifs is 1. The van der Waals surface area contributed by atoms with Crippen LogP contribution in [-0.2, 0) is 10.3 Å². The van der Waals surface area contributed by atoms with Crippen LogP contribution in [0.25, 0.3) is 32.7 Å². The summed E-state index contributed by atoms with van der Waals surface area (Å²) in [5, 5.41) is 27.4. The number of azide groups is 1. The third-order valence-corrected chi connectivity index (χ3v) is 8.41. The van der Waals surface area contributed by atoms with E-state index in [9.17, 15) is 14.8 Å². The number of aliphatic hydroxyl groups is 1. The van der Waals surface area contributed by atoms with Gasteiger partial charge in [0.15, 0.2) is 11.6 Å². The monoisotopic (exact) mass is 648 g/mol. The van der Waals surface area contributed by atoms with E-state index in [1.165, 1.54) is 36.7 Å². The number of nitriles is 1. The van der Waals surface area contributed by atoms with E-state index in [4.69, 9.17) is 21.9 Å². The molecule has 0 aliphatic carbocycles. The third-order valence-electron chi connectivity index (χ3n) is 7.95. The maximum atomic E-state index is 15.4. The van der Waals surface area contributed by atoms with Crippen molar-refractivity contribution in [3.63, 3.8) is 0 Å². The average molecular weight is 649 g/mol. The van der Waals surface area contributed by atoms with Crippen molar-refractivity contribution in [2.45, 2.75) is 38.3 Å². The molecule has 0 bridgehead atoms. The van der Waals surface area contributed by atoms with Gasteiger partial charge in [-0.1, -0.05) is 16.7 Å². The molecule has 15 heteroatoms. The number of ether oxygens (including phenoxy) is 1. The number of piperidine rings is 1. The highest BCUT2D eigenvalue weighted by Crippen LogP contribution is 2.37. The Morgan fingerprint density at radius 3 is 2.63 bits per heavy atom. The quantitative estimate of drug-likeness (QED) is 0.0859. The summed E-state index contributed by atoms with van der Waals surface area (Å²) in [5.74, 6) is -0.915. The van der Waals surface area contributed by atoms with Crippen molar-refractivity contribution in [2.75, 3.05) is 44.7 Å². The first-order chi connectivity index (χ1) is 22.1. The minimum absolute atomic E-state index is 0.0450. The first kappa shape index (κ1) is 32.9. The number of anilines is 1. The molecule has 1 aliphatic rings. The first-order valence-electron chi connectivity index (χ1n) is 14.6. The Labute approximate surface area is 268 Å². The SMILES string of the molecule is Cc1nc2cc(F)c(-c3cnc(C4(O)CCN(CCOCCN=[N+]=[N-])CC4)nc3)nc2c(N[C@H](C)c2cc(C#N)ccc2F)c1Cl. The predicted molar refractivity (Wildman–Crippen MR) is 168 cm³/mol. The lowest BCUT2D eigenvalue weighted by molar-refractivity contribution is -0.0375. The molecule has 1 aliphatic heterocycles. The van der Waals surface area contributed by atoms with Crippen LogP contribution in [0.2, 0.25) is 5.02 Å². The molecule has 1 aromatic carbocycles. The molecule has 12 nitrogen and oxygen atoms in total. The van der Waals surface area contributed by atoms with Gasteiger partial charge in [-0.3, -0.25) is 0 Å². The minimum Gasteiger partial charge on any atom is -0.382 e. The van der Waals surface area contributed by atoms with Gasteiger partial charge in [-0.25, -0.2) is 28.7 Å². The van der Waals surface area contributed by atoms with E-state index in [1.54, 1.807) is 13.8 Å². The molecule has 5 rings (SSSR count). The molecule has 0 saturated carbocycles. The molecular formula is C31H31ClF2N10O2. The number of nitrogens with one attached hydrogen (secondary N) is 1. The zero-order chi connectivity index (χ0) is 32.8. The molecule has 238 valence electrons. The lowest BCUT2D eigenvalue weighted by Crippen LogP contribution is -2.44. The van der Waals surface area contributed by atoms with Crippen molar-refractivity contribution in [2.24, 2.45) is 5.11 Å². The summed E-state index contributed by atoms with van der Waals surface area (Å²) >= 11 is 6.64. The number of benzene rings is 1. The van der Waals surface area contributed by atoms with Crippen LogP contribution in [0.3, 0.4) is 0 Å². The minimum atomic E-state index is -1.24. The highest BCUT2D eigenvalue weighted by Gasteiger charge is 2.36. The van der Waals surface area contributed by atoms with Gasteiger partial charge < -0.3 is 20.1 Å². The van der Waals surface area contributed by atoms with Crippen LogP contribution in [-0.4, -0.2) is 69.3 Å². The fraction of sp³-hybridized carbons (Fsp3) is 0.387. The van der Waals surface area contributed by atoms with E-state index in [0.29, 0.717) is 62.6 Å². The summed E-state index contributed by atoms with van der Waals surface area (Å²) in [7, 11) is 0. The fourth-order valence-electron chi connectivity index (χ4n) is 5.34. The van der Waals surface area contributed by atoms with Gasteiger partial charge in [0, 0.05) is 60.7 Å². The van der Waals surface area contributed by atoms with Gasteiger partial charge in [0.1, 0.15) is 22.6 Å². The van der Waals surface area contributed by atoms with Gasteiger partial charge in [-0.2, -0.15) is 5.26 Å². The smallest absolute Gasteiger partial charge is 0.160 e. The van der Waals surface area contributed by atoms with E-state index in [-0.39, 0.29) is 45.2 Å². The van der Waals surface area contributed by atoms with E-state index in [1.807, 2.05) is 6.07 Å². The number of hydrogen-bond acceptors (Lipinski definition) is 10. The molecule has 1 fully saturated rings. The molecule has 4 heterocycles. The van der Waals surface area contributed by atoms with Gasteiger partial charge in [-0.05, 0) is 50.4 Å². The van der Waals surface area contributed by atoms with Crippen LogP contribution < -0.4 is 5.32 Å². The van der Waals surface area contributed by atoms with Crippen molar-refractivity contribution in [3.05, 3.63) is 86.4 Å². The molecule has 1 saturated heterocycles. The molecule has 46 heavy (non-hydrogen) atoms. The Kier molecular flexibility index (Phi) is 10.2. The highest BCUT2D eigenvalue weighted by atomic mass is 35.5. The number of pyridine rings is 2. The van der Waals surface area contributed by atoms with Crippen molar-refractivity contribution in [1.82, 2.24) is 24.8 Å². The van der Waals surface area contributed by atoms with Crippen LogP contribution >= 0.6 is 11.6 Å². The molecule has 0 spiro atoms. The van der Waals surface area contributed by atoms with Crippen LogP contribution in [0.4, 0.5) is 14.5 Å². The van der Waals surface area contributed by atoms with E-state index >= 15 is 4.39 Å². The van der Waals surface area contributed by atoms with Gasteiger partial charge in [0.05, 0.1) is 52.8 Å². The molecule has 0 unspecified atom stereocenters. The number of rotatable bonds is 11. The molecule has 0 amide bonds. The van der Waals surface area contributed by atoms with Crippen molar-refractivity contribution in [1.29, 1.82) is 5.26 Å². The lowest BCUT2D eigenvalue weighted by Gasteiger charge is -2.37. The number of halogens is 3. The zero-order valence-corrected chi connectivity index (χ0v) is 26.0. The zero-order valence-electron chi connectivity index (χ0n) is 25.2. The number of likely N-dealkylation sites (tertiary alicyclic amines) is 1. The van der Waals surface area contributed by atoms with Crippen LogP contribution in [0.1, 0.15) is 48.5 Å². The van der Waals surface area contributed by atoms with Crippen LogP contribution in [0.5, 0.6) is 0 Å². The Balaban J connectivity index is 1.35. The highest BCUT2D eigenvalue weighted by molar-refractivity contribution is 6.35. The number of aromatic nitrogens is 4. The number of aryl methyl sites for hydroxylation is 1. The first-order valence-corrected chi connectivity index (χ1v) is 15.0. The molecule has 0 radical (unpaired) electrons. The summed E-state index contributed by atoms with van der Waals surface area (Å²) in [6.45, 7) is 6.39. The van der Waals surface area contributed by atoms with Gasteiger partial charge in [0.2, 0.25) is 0 Å². The second-order valence-electron chi connectivity index (χ2n) is 11.0.